The average Bonchev–Trinajstić information content (AvgIpc) is 2.78. The van der Waals surface area contributed by atoms with Crippen molar-refractivity contribution in [3.05, 3.63) is 57.0 Å². The number of nitrogens with one attached hydrogen (secondary N) is 1. The van der Waals surface area contributed by atoms with Gasteiger partial charge in [0.15, 0.2) is 0 Å². The van der Waals surface area contributed by atoms with Gasteiger partial charge in [-0.15, -0.1) is 11.3 Å². The molecule has 2 atom stereocenters. The average molecular weight is 321 g/mol. The maximum atomic E-state index is 12.9. The molecular formula is C17H20FNO2S. The van der Waals surface area contributed by atoms with Crippen molar-refractivity contribution in [3.8, 4) is 0 Å². The lowest BCUT2D eigenvalue weighted by atomic mass is 10.0. The fourth-order valence-corrected chi connectivity index (χ4v) is 3.29. The van der Waals surface area contributed by atoms with Gasteiger partial charge in [0, 0.05) is 15.8 Å². The van der Waals surface area contributed by atoms with Crippen LogP contribution in [-0.2, 0) is 0 Å². The van der Waals surface area contributed by atoms with E-state index in [-0.39, 0.29) is 17.8 Å². The molecule has 2 unspecified atom stereocenters. The van der Waals surface area contributed by atoms with E-state index >= 15 is 0 Å². The lowest BCUT2D eigenvalue weighted by Gasteiger charge is -2.18. The highest BCUT2D eigenvalue weighted by Gasteiger charge is 2.17. The van der Waals surface area contributed by atoms with Gasteiger partial charge in [-0.1, -0.05) is 12.1 Å². The number of halogens is 1. The van der Waals surface area contributed by atoms with Crippen molar-refractivity contribution in [2.24, 2.45) is 0 Å². The number of aryl methyl sites for hydroxylation is 2. The quantitative estimate of drug-likeness (QED) is 0.881. The number of aliphatic hydroxyl groups excluding tert-OH is 1. The molecule has 0 fully saturated rings. The molecule has 0 aliphatic heterocycles. The van der Waals surface area contributed by atoms with Crippen molar-refractivity contribution in [2.45, 2.75) is 39.3 Å². The second-order valence-corrected chi connectivity index (χ2v) is 6.96. The fourth-order valence-electron chi connectivity index (χ4n) is 2.37. The van der Waals surface area contributed by atoms with Crippen molar-refractivity contribution >= 4 is 17.2 Å². The van der Waals surface area contributed by atoms with E-state index in [1.54, 1.807) is 23.5 Å². The number of aliphatic hydroxyl groups is 1. The number of carbonyl (C=O) groups is 1. The predicted molar refractivity (Wildman–Crippen MR) is 86.7 cm³/mol. The van der Waals surface area contributed by atoms with Crippen LogP contribution in [0.2, 0.25) is 0 Å². The summed E-state index contributed by atoms with van der Waals surface area (Å²) in [7, 11) is 0. The highest BCUT2D eigenvalue weighted by Crippen LogP contribution is 2.22. The largest absolute Gasteiger partial charge is 0.388 e. The molecule has 0 saturated carbocycles. The van der Waals surface area contributed by atoms with Crippen LogP contribution in [0.3, 0.4) is 0 Å². The van der Waals surface area contributed by atoms with Crippen molar-refractivity contribution < 1.29 is 14.3 Å². The zero-order valence-corrected chi connectivity index (χ0v) is 13.7. The second-order valence-electron chi connectivity index (χ2n) is 5.50. The topological polar surface area (TPSA) is 49.3 Å². The molecule has 0 spiro atoms. The summed E-state index contributed by atoms with van der Waals surface area (Å²) < 4.78 is 12.9. The number of hydrogen-bond acceptors (Lipinski definition) is 3. The summed E-state index contributed by atoms with van der Waals surface area (Å²) in [6.45, 7) is 5.74. The summed E-state index contributed by atoms with van der Waals surface area (Å²) in [5.74, 6) is -0.457. The predicted octanol–water partition coefficient (Wildman–Crippen LogP) is 3.75. The summed E-state index contributed by atoms with van der Waals surface area (Å²) in [5.41, 5.74) is 1.33. The third kappa shape index (κ3) is 4.15. The van der Waals surface area contributed by atoms with Crippen LogP contribution < -0.4 is 5.32 Å². The van der Waals surface area contributed by atoms with E-state index in [4.69, 9.17) is 0 Å². The van der Waals surface area contributed by atoms with Gasteiger partial charge in [-0.2, -0.15) is 0 Å². The van der Waals surface area contributed by atoms with Crippen LogP contribution in [0, 0.1) is 19.7 Å². The SMILES string of the molecule is Cc1cc(C(=O)NC(C)CC(O)c2ccc(F)cc2)c(C)s1. The van der Waals surface area contributed by atoms with E-state index in [1.165, 1.54) is 12.1 Å². The minimum atomic E-state index is -0.735. The van der Waals surface area contributed by atoms with Crippen molar-refractivity contribution in [2.75, 3.05) is 0 Å². The normalized spacial score (nSPS) is 13.7. The molecule has 0 aliphatic rings. The number of benzene rings is 1. The molecule has 2 aromatic rings. The van der Waals surface area contributed by atoms with Crippen LogP contribution >= 0.6 is 11.3 Å². The van der Waals surface area contributed by atoms with Crippen LogP contribution in [0.1, 0.15) is 45.1 Å². The Hall–Kier alpha value is -1.72. The molecule has 0 radical (unpaired) electrons. The minimum absolute atomic E-state index is 0.124. The van der Waals surface area contributed by atoms with E-state index < -0.39 is 6.10 Å². The first-order valence-electron chi connectivity index (χ1n) is 7.18. The van der Waals surface area contributed by atoms with E-state index in [0.29, 0.717) is 17.5 Å². The van der Waals surface area contributed by atoms with Gasteiger partial charge in [0.1, 0.15) is 5.82 Å². The molecule has 2 N–H and O–H groups in total. The highest BCUT2D eigenvalue weighted by molar-refractivity contribution is 7.12. The van der Waals surface area contributed by atoms with Crippen molar-refractivity contribution in [1.82, 2.24) is 5.32 Å². The molecule has 1 aromatic carbocycles. The van der Waals surface area contributed by atoms with Gasteiger partial charge >= 0.3 is 0 Å². The minimum Gasteiger partial charge on any atom is -0.388 e. The molecule has 1 amide bonds. The van der Waals surface area contributed by atoms with Crippen LogP contribution in [0.25, 0.3) is 0 Å². The van der Waals surface area contributed by atoms with E-state index in [2.05, 4.69) is 5.32 Å². The molecule has 3 nitrogen and oxygen atoms in total. The number of hydrogen-bond donors (Lipinski definition) is 2. The zero-order chi connectivity index (χ0) is 16.3. The van der Waals surface area contributed by atoms with E-state index in [9.17, 15) is 14.3 Å². The van der Waals surface area contributed by atoms with Crippen LogP contribution in [0.4, 0.5) is 4.39 Å². The summed E-state index contributed by atoms with van der Waals surface area (Å²) in [5, 5.41) is 13.0. The molecule has 1 aromatic heterocycles. The van der Waals surface area contributed by atoms with Crippen molar-refractivity contribution in [3.63, 3.8) is 0 Å². The van der Waals surface area contributed by atoms with Gasteiger partial charge in [0.2, 0.25) is 0 Å². The molecule has 0 aliphatic carbocycles. The highest BCUT2D eigenvalue weighted by atomic mass is 32.1. The van der Waals surface area contributed by atoms with Crippen molar-refractivity contribution in [1.29, 1.82) is 0 Å². The standard InChI is InChI=1S/C17H20FNO2S/c1-10(8-16(20)13-4-6-14(18)7-5-13)19-17(21)15-9-11(2)22-12(15)3/h4-7,9-10,16,20H,8H2,1-3H3,(H,19,21). The first kappa shape index (κ1) is 16.6. The molecule has 22 heavy (non-hydrogen) atoms. The van der Waals surface area contributed by atoms with Gasteiger partial charge < -0.3 is 10.4 Å². The molecule has 118 valence electrons. The monoisotopic (exact) mass is 321 g/mol. The number of amides is 1. The second kappa shape index (κ2) is 7.03. The first-order valence-corrected chi connectivity index (χ1v) is 8.00. The van der Waals surface area contributed by atoms with Gasteiger partial charge in [0.05, 0.1) is 11.7 Å². The first-order chi connectivity index (χ1) is 10.4. The Morgan fingerprint density at radius 3 is 2.50 bits per heavy atom. The Kier molecular flexibility index (Phi) is 5.32. The third-order valence-electron chi connectivity index (χ3n) is 3.49. The number of thiophene rings is 1. The van der Waals surface area contributed by atoms with Gasteiger partial charge in [-0.25, -0.2) is 4.39 Å². The van der Waals surface area contributed by atoms with Gasteiger partial charge in [0.25, 0.3) is 5.91 Å². The Morgan fingerprint density at radius 1 is 1.32 bits per heavy atom. The summed E-state index contributed by atoms with van der Waals surface area (Å²) in [4.78, 5) is 14.3. The van der Waals surface area contributed by atoms with Gasteiger partial charge in [-0.05, 0) is 51.0 Å². The third-order valence-corrected chi connectivity index (χ3v) is 4.46. The molecule has 2 rings (SSSR count). The maximum Gasteiger partial charge on any atom is 0.252 e. The lowest BCUT2D eigenvalue weighted by Crippen LogP contribution is -2.33. The Morgan fingerprint density at radius 2 is 1.95 bits per heavy atom. The Labute approximate surface area is 133 Å². The fraction of sp³-hybridized carbons (Fsp3) is 0.353. The van der Waals surface area contributed by atoms with Crippen LogP contribution in [-0.4, -0.2) is 17.1 Å². The van der Waals surface area contributed by atoms with Crippen LogP contribution in [0.15, 0.2) is 30.3 Å². The van der Waals surface area contributed by atoms with E-state index in [0.717, 1.165) is 9.75 Å². The Bertz CT molecular complexity index is 651. The molecule has 0 bridgehead atoms. The summed E-state index contributed by atoms with van der Waals surface area (Å²) in [6, 6.07) is 7.44. The molecule has 0 saturated heterocycles. The molecule has 1 heterocycles. The maximum absolute atomic E-state index is 12.9. The van der Waals surface area contributed by atoms with Gasteiger partial charge in [-0.3, -0.25) is 4.79 Å². The Balaban J connectivity index is 1.94. The lowest BCUT2D eigenvalue weighted by molar-refractivity contribution is 0.0917. The van der Waals surface area contributed by atoms with Crippen LogP contribution in [0.5, 0.6) is 0 Å². The number of carbonyl (C=O) groups excluding carboxylic acids is 1. The zero-order valence-electron chi connectivity index (χ0n) is 12.9. The number of rotatable bonds is 5. The summed E-state index contributed by atoms with van der Waals surface area (Å²) in [6.07, 6.45) is -0.360. The molecule has 5 heteroatoms. The summed E-state index contributed by atoms with van der Waals surface area (Å²) >= 11 is 1.59. The molecular weight excluding hydrogens is 301 g/mol. The van der Waals surface area contributed by atoms with E-state index in [1.807, 2.05) is 26.8 Å². The smallest absolute Gasteiger partial charge is 0.252 e.